The predicted molar refractivity (Wildman–Crippen MR) is 103 cm³/mol. The lowest BCUT2D eigenvalue weighted by Gasteiger charge is -2.23. The van der Waals surface area contributed by atoms with Gasteiger partial charge in [0, 0.05) is 23.9 Å². The first-order valence-corrected chi connectivity index (χ1v) is 9.15. The number of benzene rings is 2. The summed E-state index contributed by atoms with van der Waals surface area (Å²) in [4.78, 5) is 23.9. The van der Waals surface area contributed by atoms with Crippen molar-refractivity contribution >= 4 is 5.91 Å². The number of nitrogens with zero attached hydrogens (tertiary/aromatic N) is 3. The number of carbonyl (C=O) groups is 1. The van der Waals surface area contributed by atoms with Gasteiger partial charge < -0.3 is 9.64 Å². The SMILES string of the molecule is CCC(Oc1ccccc1)C(=O)N1Cc2cnc(-c3ccccc3)nc2C1. The van der Waals surface area contributed by atoms with E-state index in [0.717, 1.165) is 16.8 Å². The minimum Gasteiger partial charge on any atom is -0.481 e. The molecule has 0 N–H and O–H groups in total. The second kappa shape index (κ2) is 7.58. The molecule has 0 bridgehead atoms. The Balaban J connectivity index is 1.49. The molecule has 0 saturated carbocycles. The van der Waals surface area contributed by atoms with Crippen LogP contribution in [-0.2, 0) is 17.9 Å². The molecule has 3 aromatic rings. The first-order valence-electron chi connectivity index (χ1n) is 9.15. The van der Waals surface area contributed by atoms with Gasteiger partial charge >= 0.3 is 0 Å². The van der Waals surface area contributed by atoms with Crippen LogP contribution in [0, 0.1) is 0 Å². The van der Waals surface area contributed by atoms with E-state index in [0.29, 0.717) is 31.1 Å². The molecule has 4 rings (SSSR count). The quantitative estimate of drug-likeness (QED) is 0.694. The lowest BCUT2D eigenvalue weighted by Crippen LogP contribution is -2.38. The molecule has 0 radical (unpaired) electrons. The number of hydrogen-bond acceptors (Lipinski definition) is 4. The zero-order valence-electron chi connectivity index (χ0n) is 15.2. The summed E-state index contributed by atoms with van der Waals surface area (Å²) in [5, 5.41) is 0. The minimum atomic E-state index is -0.497. The Morgan fingerprint density at radius 1 is 1.07 bits per heavy atom. The maximum Gasteiger partial charge on any atom is 0.264 e. The van der Waals surface area contributed by atoms with Gasteiger partial charge in [-0.05, 0) is 18.6 Å². The molecule has 136 valence electrons. The van der Waals surface area contributed by atoms with Gasteiger partial charge in [-0.1, -0.05) is 55.5 Å². The van der Waals surface area contributed by atoms with Gasteiger partial charge in [-0.2, -0.15) is 0 Å². The van der Waals surface area contributed by atoms with Crippen LogP contribution < -0.4 is 4.74 Å². The molecule has 0 aliphatic carbocycles. The first kappa shape index (κ1) is 17.2. The summed E-state index contributed by atoms with van der Waals surface area (Å²) in [7, 11) is 0. The van der Waals surface area contributed by atoms with Gasteiger partial charge in [-0.15, -0.1) is 0 Å². The molecule has 2 aromatic carbocycles. The van der Waals surface area contributed by atoms with E-state index in [2.05, 4.69) is 9.97 Å². The van der Waals surface area contributed by atoms with Crippen LogP contribution in [0.25, 0.3) is 11.4 Å². The zero-order valence-corrected chi connectivity index (χ0v) is 15.2. The molecular weight excluding hydrogens is 338 g/mol. The summed E-state index contributed by atoms with van der Waals surface area (Å²) >= 11 is 0. The fraction of sp³-hybridized carbons (Fsp3) is 0.227. The summed E-state index contributed by atoms with van der Waals surface area (Å²) in [5.74, 6) is 1.39. The van der Waals surface area contributed by atoms with Crippen molar-refractivity contribution in [1.29, 1.82) is 0 Å². The van der Waals surface area contributed by atoms with Crippen molar-refractivity contribution in [3.05, 3.63) is 78.1 Å². The lowest BCUT2D eigenvalue weighted by atomic mass is 10.2. The van der Waals surface area contributed by atoms with Crippen molar-refractivity contribution in [3.63, 3.8) is 0 Å². The van der Waals surface area contributed by atoms with Crippen LogP contribution in [0.5, 0.6) is 5.75 Å². The number of rotatable bonds is 5. The number of amides is 1. The fourth-order valence-corrected chi connectivity index (χ4v) is 3.21. The summed E-state index contributed by atoms with van der Waals surface area (Å²) in [6.07, 6.45) is 1.95. The molecular formula is C22H21N3O2. The monoisotopic (exact) mass is 359 g/mol. The number of carbonyl (C=O) groups excluding carboxylic acids is 1. The summed E-state index contributed by atoms with van der Waals surface area (Å²) < 4.78 is 5.90. The standard InChI is InChI=1S/C22H21N3O2/c1-2-20(27-18-11-7-4-8-12-18)22(26)25-14-17-13-23-21(24-19(17)15-25)16-9-5-3-6-10-16/h3-13,20H,2,14-15H2,1H3. The Kier molecular flexibility index (Phi) is 4.83. The van der Waals surface area contributed by atoms with Gasteiger partial charge in [0.05, 0.1) is 12.2 Å². The third-order valence-corrected chi connectivity index (χ3v) is 4.67. The highest BCUT2D eigenvalue weighted by atomic mass is 16.5. The van der Waals surface area contributed by atoms with E-state index in [1.165, 1.54) is 0 Å². The summed E-state index contributed by atoms with van der Waals surface area (Å²) in [5.41, 5.74) is 2.88. The predicted octanol–water partition coefficient (Wildman–Crippen LogP) is 3.84. The van der Waals surface area contributed by atoms with Gasteiger partial charge in [0.1, 0.15) is 5.75 Å². The number of fused-ring (bicyclic) bond motifs is 1. The molecule has 2 heterocycles. The number of hydrogen-bond donors (Lipinski definition) is 0. The molecule has 1 amide bonds. The molecule has 0 saturated heterocycles. The minimum absolute atomic E-state index is 0.0133. The average Bonchev–Trinajstić information content (AvgIpc) is 3.16. The van der Waals surface area contributed by atoms with Gasteiger partial charge in [-0.25, -0.2) is 9.97 Å². The van der Waals surface area contributed by atoms with E-state index in [-0.39, 0.29) is 5.91 Å². The highest BCUT2D eigenvalue weighted by molar-refractivity contribution is 5.81. The van der Waals surface area contributed by atoms with Crippen LogP contribution in [0.3, 0.4) is 0 Å². The molecule has 1 aliphatic heterocycles. The molecule has 27 heavy (non-hydrogen) atoms. The van der Waals surface area contributed by atoms with Crippen LogP contribution >= 0.6 is 0 Å². The Morgan fingerprint density at radius 3 is 2.48 bits per heavy atom. The molecule has 0 spiro atoms. The van der Waals surface area contributed by atoms with E-state index in [9.17, 15) is 4.79 Å². The van der Waals surface area contributed by atoms with Gasteiger partial charge in [0.25, 0.3) is 5.91 Å². The number of para-hydroxylation sites is 1. The topological polar surface area (TPSA) is 55.3 Å². The highest BCUT2D eigenvalue weighted by Gasteiger charge is 2.30. The van der Waals surface area contributed by atoms with Crippen LogP contribution in [0.1, 0.15) is 24.6 Å². The largest absolute Gasteiger partial charge is 0.481 e. The average molecular weight is 359 g/mol. The normalized spacial score (nSPS) is 13.9. The van der Waals surface area contributed by atoms with E-state index in [4.69, 9.17) is 4.74 Å². The molecule has 5 heteroatoms. The second-order valence-electron chi connectivity index (χ2n) is 6.55. The Labute approximate surface area is 158 Å². The van der Waals surface area contributed by atoms with Gasteiger partial charge in [-0.3, -0.25) is 4.79 Å². The van der Waals surface area contributed by atoms with Crippen molar-refractivity contribution < 1.29 is 9.53 Å². The molecule has 1 aromatic heterocycles. The fourth-order valence-electron chi connectivity index (χ4n) is 3.21. The van der Waals surface area contributed by atoms with Crippen molar-refractivity contribution in [2.24, 2.45) is 0 Å². The smallest absolute Gasteiger partial charge is 0.264 e. The van der Waals surface area contributed by atoms with Crippen molar-refractivity contribution in [2.75, 3.05) is 0 Å². The maximum absolute atomic E-state index is 13.0. The number of aromatic nitrogens is 2. The van der Waals surface area contributed by atoms with Crippen molar-refractivity contribution in [1.82, 2.24) is 14.9 Å². The molecule has 1 unspecified atom stereocenters. The maximum atomic E-state index is 13.0. The highest BCUT2D eigenvalue weighted by Crippen LogP contribution is 2.25. The van der Waals surface area contributed by atoms with Gasteiger partial charge in [0.2, 0.25) is 0 Å². The third-order valence-electron chi connectivity index (χ3n) is 4.67. The Bertz CT molecular complexity index is 929. The Morgan fingerprint density at radius 2 is 1.78 bits per heavy atom. The second-order valence-corrected chi connectivity index (χ2v) is 6.55. The van der Waals surface area contributed by atoms with Crippen LogP contribution in [-0.4, -0.2) is 26.9 Å². The van der Waals surface area contributed by atoms with Crippen molar-refractivity contribution in [3.8, 4) is 17.1 Å². The third kappa shape index (κ3) is 3.67. The number of ether oxygens (including phenoxy) is 1. The Hall–Kier alpha value is -3.21. The van der Waals surface area contributed by atoms with E-state index >= 15 is 0 Å². The van der Waals surface area contributed by atoms with Gasteiger partial charge in [0.15, 0.2) is 11.9 Å². The molecule has 1 atom stereocenters. The van der Waals surface area contributed by atoms with Crippen molar-refractivity contribution in [2.45, 2.75) is 32.5 Å². The van der Waals surface area contributed by atoms with Crippen LogP contribution in [0.15, 0.2) is 66.9 Å². The van der Waals surface area contributed by atoms with Crippen LogP contribution in [0.2, 0.25) is 0 Å². The summed E-state index contributed by atoms with van der Waals surface area (Å²) in [6, 6.07) is 19.3. The zero-order chi connectivity index (χ0) is 18.6. The lowest BCUT2D eigenvalue weighted by molar-refractivity contribution is -0.139. The van der Waals surface area contributed by atoms with E-state index in [1.807, 2.05) is 73.8 Å². The molecule has 0 fully saturated rings. The summed E-state index contributed by atoms with van der Waals surface area (Å²) in [6.45, 7) is 2.98. The molecule has 5 nitrogen and oxygen atoms in total. The van der Waals surface area contributed by atoms with Crippen LogP contribution in [0.4, 0.5) is 0 Å². The van der Waals surface area contributed by atoms with E-state index < -0.39 is 6.10 Å². The van der Waals surface area contributed by atoms with E-state index in [1.54, 1.807) is 4.90 Å². The molecule has 1 aliphatic rings. The first-order chi connectivity index (χ1) is 13.2.